The third-order valence-corrected chi connectivity index (χ3v) is 4.41. The summed E-state index contributed by atoms with van der Waals surface area (Å²) in [6.07, 6.45) is 6.23. The van der Waals surface area contributed by atoms with Gasteiger partial charge in [-0.3, -0.25) is 14.8 Å². The summed E-state index contributed by atoms with van der Waals surface area (Å²) in [4.78, 5) is 23.3. The van der Waals surface area contributed by atoms with Crippen LogP contribution in [0.4, 0.5) is 0 Å². The van der Waals surface area contributed by atoms with Crippen molar-refractivity contribution < 1.29 is 4.79 Å². The van der Waals surface area contributed by atoms with Crippen molar-refractivity contribution in [3.63, 3.8) is 0 Å². The summed E-state index contributed by atoms with van der Waals surface area (Å²) < 4.78 is 0. The van der Waals surface area contributed by atoms with Gasteiger partial charge in [-0.15, -0.1) is 0 Å². The number of amides is 1. The number of pyridine rings is 2. The van der Waals surface area contributed by atoms with Gasteiger partial charge in [-0.1, -0.05) is 24.3 Å². The van der Waals surface area contributed by atoms with Gasteiger partial charge in [0.1, 0.15) is 0 Å². The first-order chi connectivity index (χ1) is 13.5. The molecule has 5 heteroatoms. The number of carbonyl (C=O) groups is 1. The van der Waals surface area contributed by atoms with Crippen molar-refractivity contribution in [1.82, 2.24) is 20.2 Å². The molecule has 0 aliphatic carbocycles. The van der Waals surface area contributed by atoms with Crippen molar-refractivity contribution in [2.24, 2.45) is 0 Å². The predicted octanol–water partition coefficient (Wildman–Crippen LogP) is 3.57. The fourth-order valence-electron chi connectivity index (χ4n) is 3.08. The Bertz CT molecular complexity index is 890. The van der Waals surface area contributed by atoms with E-state index in [-0.39, 0.29) is 11.9 Å². The molecule has 0 saturated carbocycles. The number of carbonyl (C=O) groups excluding carboxylic acids is 1. The summed E-state index contributed by atoms with van der Waals surface area (Å²) in [5.74, 6) is -0.0720. The lowest BCUT2D eigenvalue weighted by molar-refractivity contribution is 0.0940. The van der Waals surface area contributed by atoms with Gasteiger partial charge in [-0.25, -0.2) is 0 Å². The van der Waals surface area contributed by atoms with Gasteiger partial charge in [0.15, 0.2) is 0 Å². The van der Waals surface area contributed by atoms with Crippen molar-refractivity contribution in [2.45, 2.75) is 25.9 Å². The van der Waals surface area contributed by atoms with Crippen molar-refractivity contribution in [3.05, 3.63) is 83.8 Å². The molecule has 0 aliphatic rings. The van der Waals surface area contributed by atoms with E-state index < -0.39 is 0 Å². The van der Waals surface area contributed by atoms with Crippen LogP contribution in [-0.4, -0.2) is 40.9 Å². The number of benzene rings is 1. The maximum absolute atomic E-state index is 12.5. The highest BCUT2D eigenvalue weighted by atomic mass is 16.1. The molecule has 0 aliphatic heterocycles. The van der Waals surface area contributed by atoms with Gasteiger partial charge < -0.3 is 10.2 Å². The maximum atomic E-state index is 12.5. The molecule has 0 fully saturated rings. The average molecular weight is 374 g/mol. The number of hydrogen-bond acceptors (Lipinski definition) is 4. The molecule has 0 radical (unpaired) electrons. The molecule has 0 bridgehead atoms. The third kappa shape index (κ3) is 5.47. The van der Waals surface area contributed by atoms with E-state index in [9.17, 15) is 4.79 Å². The van der Waals surface area contributed by atoms with Crippen LogP contribution in [0.3, 0.4) is 0 Å². The highest BCUT2D eigenvalue weighted by molar-refractivity contribution is 5.94. The first kappa shape index (κ1) is 19.7. The smallest absolute Gasteiger partial charge is 0.251 e. The quantitative estimate of drug-likeness (QED) is 0.687. The third-order valence-electron chi connectivity index (χ3n) is 4.41. The van der Waals surface area contributed by atoms with E-state index in [0.29, 0.717) is 5.56 Å². The minimum Gasteiger partial charge on any atom is -0.349 e. The summed E-state index contributed by atoms with van der Waals surface area (Å²) in [7, 11) is 4.07. The largest absolute Gasteiger partial charge is 0.349 e. The van der Waals surface area contributed by atoms with Crippen LogP contribution in [0.5, 0.6) is 0 Å². The van der Waals surface area contributed by atoms with E-state index in [1.165, 1.54) is 5.56 Å². The van der Waals surface area contributed by atoms with Crippen LogP contribution in [0.15, 0.2) is 67.1 Å². The molecule has 1 aromatic carbocycles. The summed E-state index contributed by atoms with van der Waals surface area (Å²) in [6.45, 7) is 2.86. The number of aromatic nitrogens is 2. The Balaban J connectivity index is 1.61. The number of rotatable bonds is 7. The van der Waals surface area contributed by atoms with Gasteiger partial charge in [0, 0.05) is 42.3 Å². The predicted molar refractivity (Wildman–Crippen MR) is 112 cm³/mol. The second-order valence-corrected chi connectivity index (χ2v) is 7.31. The second kappa shape index (κ2) is 9.24. The Morgan fingerprint density at radius 3 is 2.43 bits per heavy atom. The van der Waals surface area contributed by atoms with Gasteiger partial charge >= 0.3 is 0 Å². The van der Waals surface area contributed by atoms with Crippen LogP contribution >= 0.6 is 0 Å². The molecule has 1 amide bonds. The Morgan fingerprint density at radius 2 is 1.82 bits per heavy atom. The average Bonchev–Trinajstić information content (AvgIpc) is 2.69. The molecule has 5 nitrogen and oxygen atoms in total. The number of hydrogen-bond donors (Lipinski definition) is 1. The summed E-state index contributed by atoms with van der Waals surface area (Å²) in [5, 5.41) is 3.04. The van der Waals surface area contributed by atoms with Gasteiger partial charge in [0.25, 0.3) is 5.91 Å². The van der Waals surface area contributed by atoms with E-state index in [1.807, 2.05) is 75.9 Å². The van der Waals surface area contributed by atoms with Gasteiger partial charge in [-0.2, -0.15) is 0 Å². The lowest BCUT2D eigenvalue weighted by Crippen LogP contribution is -2.34. The Hall–Kier alpha value is -3.05. The standard InChI is InChI=1S/C23H26N4O/c1-17(13-18-5-4-12-24-14-18)26-23(28)21-9-7-20(8-10-21)22-11-6-19(15-25-22)16-27(2)3/h4-12,14-15,17H,13,16H2,1-3H3,(H,26,28)/t17-/m0/s1. The van der Waals surface area contributed by atoms with Gasteiger partial charge in [-0.05, 0) is 62.8 Å². The molecule has 1 atom stereocenters. The zero-order valence-corrected chi connectivity index (χ0v) is 16.6. The summed E-state index contributed by atoms with van der Waals surface area (Å²) in [6, 6.07) is 15.6. The van der Waals surface area contributed by atoms with Crippen LogP contribution in [0.25, 0.3) is 11.3 Å². The second-order valence-electron chi connectivity index (χ2n) is 7.31. The topological polar surface area (TPSA) is 58.1 Å². The fourth-order valence-corrected chi connectivity index (χ4v) is 3.08. The zero-order valence-electron chi connectivity index (χ0n) is 16.6. The minimum absolute atomic E-state index is 0.0299. The van der Waals surface area contributed by atoms with E-state index in [0.717, 1.165) is 29.8 Å². The Labute approximate surface area is 166 Å². The molecule has 0 unspecified atom stereocenters. The molecule has 3 aromatic rings. The van der Waals surface area contributed by atoms with Crippen molar-refractivity contribution >= 4 is 5.91 Å². The van der Waals surface area contributed by atoms with Crippen LogP contribution in [-0.2, 0) is 13.0 Å². The normalized spacial score (nSPS) is 12.0. The number of nitrogens with one attached hydrogen (secondary N) is 1. The minimum atomic E-state index is -0.0720. The molecule has 2 heterocycles. The van der Waals surface area contributed by atoms with E-state index in [2.05, 4.69) is 26.3 Å². The molecule has 0 spiro atoms. The maximum Gasteiger partial charge on any atom is 0.251 e. The molecule has 2 aromatic heterocycles. The van der Waals surface area contributed by atoms with Crippen LogP contribution < -0.4 is 5.32 Å². The Kier molecular flexibility index (Phi) is 6.50. The molecular formula is C23H26N4O. The van der Waals surface area contributed by atoms with E-state index in [1.54, 1.807) is 6.20 Å². The lowest BCUT2D eigenvalue weighted by Gasteiger charge is -2.14. The summed E-state index contributed by atoms with van der Waals surface area (Å²) >= 11 is 0. The van der Waals surface area contributed by atoms with Crippen molar-refractivity contribution in [2.75, 3.05) is 14.1 Å². The molecular weight excluding hydrogens is 348 g/mol. The SMILES string of the molecule is C[C@@H](Cc1cccnc1)NC(=O)c1ccc(-c2ccc(CN(C)C)cn2)cc1. The molecule has 0 saturated heterocycles. The molecule has 3 rings (SSSR count). The summed E-state index contributed by atoms with van der Waals surface area (Å²) in [5.41, 5.74) is 4.82. The number of nitrogens with zero attached hydrogens (tertiary/aromatic N) is 3. The van der Waals surface area contributed by atoms with E-state index in [4.69, 9.17) is 0 Å². The van der Waals surface area contributed by atoms with Crippen LogP contribution in [0, 0.1) is 0 Å². The van der Waals surface area contributed by atoms with Crippen LogP contribution in [0.1, 0.15) is 28.4 Å². The van der Waals surface area contributed by atoms with Gasteiger partial charge in [0.05, 0.1) is 5.69 Å². The molecule has 144 valence electrons. The first-order valence-corrected chi connectivity index (χ1v) is 9.41. The van der Waals surface area contributed by atoms with Crippen molar-refractivity contribution in [3.8, 4) is 11.3 Å². The fraction of sp³-hybridized carbons (Fsp3) is 0.261. The molecule has 28 heavy (non-hydrogen) atoms. The van der Waals surface area contributed by atoms with Gasteiger partial charge in [0.2, 0.25) is 0 Å². The lowest BCUT2D eigenvalue weighted by atomic mass is 10.1. The Morgan fingerprint density at radius 1 is 1.04 bits per heavy atom. The van der Waals surface area contributed by atoms with E-state index >= 15 is 0 Å². The molecule has 1 N–H and O–H groups in total. The highest BCUT2D eigenvalue weighted by Crippen LogP contribution is 2.18. The first-order valence-electron chi connectivity index (χ1n) is 9.41. The monoisotopic (exact) mass is 374 g/mol. The van der Waals surface area contributed by atoms with Crippen molar-refractivity contribution in [1.29, 1.82) is 0 Å². The zero-order chi connectivity index (χ0) is 19.9. The highest BCUT2D eigenvalue weighted by Gasteiger charge is 2.11. The van der Waals surface area contributed by atoms with Crippen LogP contribution in [0.2, 0.25) is 0 Å².